The number of anilines is 1. The number of rotatable bonds is 9. The number of nitrogens with zero attached hydrogens (tertiary/aromatic N) is 1. The summed E-state index contributed by atoms with van der Waals surface area (Å²) in [6.07, 6.45) is 6.52. The van der Waals surface area contributed by atoms with Crippen LogP contribution in [0.3, 0.4) is 0 Å². The lowest BCUT2D eigenvalue weighted by Gasteiger charge is -2.37. The maximum atomic E-state index is 15.3. The van der Waals surface area contributed by atoms with Crippen LogP contribution in [0, 0.1) is 23.6 Å². The molecule has 2 fully saturated rings. The summed E-state index contributed by atoms with van der Waals surface area (Å²) in [6, 6.07) is 11.4. The standard InChI is InChI=1S/C33H42ClFN4O3S/c1-42-27-9-2-6-23(20-27)31(22-12-14-24(34)15-13-22)32(36)33(40)38-30-11-3-10-29(35)28(30)17-16-26-21-37-25-7-4-18-39(26)43(41)19-5-8-25/h3,10-15,23,25-27,31-32,37H,2,5-6,8-9,16-21,36H2,1H3,(H,38,40)/t23?,25?,26-,27?,31?,32-,43?/m0/s1. The zero-order valence-corrected chi connectivity index (χ0v) is 26.3. The van der Waals surface area contributed by atoms with Crippen LogP contribution in [0.15, 0.2) is 42.5 Å². The predicted molar refractivity (Wildman–Crippen MR) is 171 cm³/mol. The number of halogens is 2. The molecule has 8 atom stereocenters. The molecule has 3 heterocycles. The maximum absolute atomic E-state index is 15.3. The second kappa shape index (κ2) is 15.1. The lowest BCUT2D eigenvalue weighted by molar-refractivity contribution is -0.118. The lowest BCUT2D eigenvalue weighted by atomic mass is 9.72. The van der Waals surface area contributed by atoms with Gasteiger partial charge in [-0.3, -0.25) is 4.79 Å². The van der Waals surface area contributed by atoms with E-state index in [0.717, 1.165) is 44.1 Å². The fourth-order valence-corrected chi connectivity index (χ4v) is 8.29. The molecule has 6 rings (SSSR count). The van der Waals surface area contributed by atoms with Crippen LogP contribution in [-0.2, 0) is 26.9 Å². The first-order valence-electron chi connectivity index (χ1n) is 15.3. The van der Waals surface area contributed by atoms with Crippen molar-refractivity contribution >= 4 is 34.2 Å². The molecule has 0 aromatic heterocycles. The van der Waals surface area contributed by atoms with E-state index in [2.05, 4.69) is 22.5 Å². The number of benzene rings is 2. The van der Waals surface area contributed by atoms with Crippen LogP contribution < -0.4 is 16.4 Å². The maximum Gasteiger partial charge on any atom is 0.241 e. The van der Waals surface area contributed by atoms with Crippen LogP contribution in [0.4, 0.5) is 10.1 Å². The van der Waals surface area contributed by atoms with Gasteiger partial charge in [0.25, 0.3) is 0 Å². The Hall–Kier alpha value is -2.32. The number of carbonyl (C=O) groups is 1. The highest BCUT2D eigenvalue weighted by atomic mass is 35.5. The summed E-state index contributed by atoms with van der Waals surface area (Å²) in [7, 11) is 0.585. The van der Waals surface area contributed by atoms with Crippen molar-refractivity contribution in [3.63, 3.8) is 0 Å². The summed E-state index contributed by atoms with van der Waals surface area (Å²) < 4.78 is 36.0. The largest absolute Gasteiger partial charge is 0.381 e. The molecule has 43 heavy (non-hydrogen) atoms. The molecular weight excluding hydrogens is 587 g/mol. The highest BCUT2D eigenvalue weighted by Crippen LogP contribution is 2.39. The van der Waals surface area contributed by atoms with E-state index in [-0.39, 0.29) is 41.7 Å². The first-order chi connectivity index (χ1) is 20.8. The van der Waals surface area contributed by atoms with Crippen LogP contribution in [0.25, 0.3) is 0 Å². The predicted octanol–water partition coefficient (Wildman–Crippen LogP) is 4.77. The van der Waals surface area contributed by atoms with Crippen LogP contribution in [0.5, 0.6) is 0 Å². The smallest absolute Gasteiger partial charge is 0.241 e. The number of nitrogens with one attached hydrogen (secondary N) is 2. The average Bonchev–Trinajstić information content (AvgIpc) is 3.13. The van der Waals surface area contributed by atoms with Gasteiger partial charge in [-0.15, -0.1) is 0 Å². The van der Waals surface area contributed by atoms with E-state index in [4.69, 9.17) is 22.1 Å². The van der Waals surface area contributed by atoms with Gasteiger partial charge in [0.15, 0.2) is 0 Å². The molecule has 1 amide bonds. The highest BCUT2D eigenvalue weighted by Gasteiger charge is 2.36. The van der Waals surface area contributed by atoms with E-state index in [1.54, 1.807) is 19.2 Å². The highest BCUT2D eigenvalue weighted by molar-refractivity contribution is 7.82. The Kier molecular flexibility index (Phi) is 11.3. The van der Waals surface area contributed by atoms with Gasteiger partial charge in [-0.25, -0.2) is 12.9 Å². The molecule has 1 aliphatic carbocycles. The molecule has 4 N–H and O–H groups in total. The van der Waals surface area contributed by atoms with Crippen molar-refractivity contribution in [1.82, 2.24) is 9.62 Å². The summed E-state index contributed by atoms with van der Waals surface area (Å²) in [5.74, 6) is 6.17. The van der Waals surface area contributed by atoms with E-state index in [9.17, 15) is 9.00 Å². The summed E-state index contributed by atoms with van der Waals surface area (Å²) in [4.78, 5) is 13.8. The van der Waals surface area contributed by atoms with Gasteiger partial charge in [-0.1, -0.05) is 48.1 Å². The Morgan fingerprint density at radius 1 is 1.23 bits per heavy atom. The first kappa shape index (κ1) is 32.1. The minimum absolute atomic E-state index is 0.0734. The Morgan fingerprint density at radius 2 is 2.05 bits per heavy atom. The molecule has 0 radical (unpaired) electrons. The summed E-state index contributed by atoms with van der Waals surface area (Å²) >= 11 is 6.18. The average molecular weight is 629 g/mol. The summed E-state index contributed by atoms with van der Waals surface area (Å²) in [5.41, 5.74) is 8.55. The molecule has 10 heteroatoms. The molecule has 3 aliphatic heterocycles. The van der Waals surface area contributed by atoms with E-state index in [0.29, 0.717) is 48.0 Å². The van der Waals surface area contributed by atoms with Gasteiger partial charge < -0.3 is 21.1 Å². The summed E-state index contributed by atoms with van der Waals surface area (Å²) in [6.45, 7) is 1.06. The van der Waals surface area contributed by atoms with Crippen molar-refractivity contribution < 1.29 is 18.1 Å². The van der Waals surface area contributed by atoms with Gasteiger partial charge >= 0.3 is 0 Å². The SMILES string of the molecule is COC1CCCC(C(c2ccc(Cl)cc2)[C@H](N)C(=O)Nc2cccc(F)c2CC[C@H]2CNC3C#CCN2S(=O)CCC3)C1. The van der Waals surface area contributed by atoms with Gasteiger partial charge in [0.2, 0.25) is 5.91 Å². The van der Waals surface area contributed by atoms with Crippen molar-refractivity contribution in [3.8, 4) is 11.8 Å². The molecule has 4 aliphatic rings. The third-order valence-electron chi connectivity index (χ3n) is 9.15. The third-order valence-corrected chi connectivity index (χ3v) is 11.0. The molecule has 7 nitrogen and oxygen atoms in total. The second-order valence-electron chi connectivity index (χ2n) is 11.9. The molecule has 2 bridgehead atoms. The Labute approximate surface area is 262 Å². The number of ether oxygens (including phenoxy) is 1. The number of hydrogen-bond acceptors (Lipinski definition) is 5. The third kappa shape index (κ3) is 8.05. The Morgan fingerprint density at radius 3 is 2.84 bits per heavy atom. The zero-order valence-electron chi connectivity index (χ0n) is 24.7. The van der Waals surface area contributed by atoms with Crippen molar-refractivity contribution in [1.29, 1.82) is 0 Å². The monoisotopic (exact) mass is 628 g/mol. The van der Waals surface area contributed by atoms with Crippen LogP contribution in [0.1, 0.15) is 62.0 Å². The van der Waals surface area contributed by atoms with Gasteiger partial charge in [-0.05, 0) is 80.7 Å². The molecule has 232 valence electrons. The molecular formula is C33H42ClFN4O3S. The Balaban J connectivity index is 1.34. The minimum atomic E-state index is -1.14. The topological polar surface area (TPSA) is 96.7 Å². The molecule has 1 saturated carbocycles. The lowest BCUT2D eigenvalue weighted by Crippen LogP contribution is -2.46. The molecule has 0 spiro atoms. The van der Waals surface area contributed by atoms with Crippen molar-refractivity contribution in [2.75, 3.05) is 31.3 Å². The first-order valence-corrected chi connectivity index (χ1v) is 17.0. The van der Waals surface area contributed by atoms with E-state index >= 15 is 4.39 Å². The van der Waals surface area contributed by atoms with E-state index in [1.165, 1.54) is 6.07 Å². The fourth-order valence-electron chi connectivity index (χ4n) is 6.79. The van der Waals surface area contributed by atoms with Crippen LogP contribution in [-0.4, -0.2) is 64.6 Å². The van der Waals surface area contributed by atoms with E-state index < -0.39 is 17.0 Å². The van der Waals surface area contributed by atoms with Crippen LogP contribution in [0.2, 0.25) is 5.02 Å². The fraction of sp³-hybridized carbons (Fsp3) is 0.545. The number of amides is 1. The van der Waals surface area contributed by atoms with Gasteiger partial charge in [0, 0.05) is 47.6 Å². The summed E-state index contributed by atoms with van der Waals surface area (Å²) in [5, 5.41) is 7.10. The second-order valence-corrected chi connectivity index (χ2v) is 13.8. The van der Waals surface area contributed by atoms with Gasteiger partial charge in [0.05, 0.1) is 35.7 Å². The molecule has 2 aromatic carbocycles. The number of carbonyl (C=O) groups excluding carboxylic acids is 1. The van der Waals surface area contributed by atoms with Gasteiger partial charge in [0.1, 0.15) is 5.82 Å². The molecule has 6 unspecified atom stereocenters. The number of hydrogen-bond donors (Lipinski definition) is 3. The van der Waals surface area contributed by atoms with Crippen molar-refractivity contribution in [3.05, 3.63) is 64.4 Å². The quantitative estimate of drug-likeness (QED) is 0.348. The molecule has 1 saturated heterocycles. The number of nitrogens with two attached hydrogens (primary N) is 1. The van der Waals surface area contributed by atoms with Gasteiger partial charge in [-0.2, -0.15) is 0 Å². The normalized spacial score (nSPS) is 28.7. The van der Waals surface area contributed by atoms with E-state index in [1.807, 2.05) is 28.6 Å². The Bertz CT molecular complexity index is 1350. The zero-order chi connectivity index (χ0) is 30.3. The number of fused-ring (bicyclic) bond motifs is 6. The molecule has 2 aromatic rings. The van der Waals surface area contributed by atoms with Crippen LogP contribution >= 0.6 is 11.6 Å². The minimum Gasteiger partial charge on any atom is -0.381 e. The number of methoxy groups -OCH3 is 1. The van der Waals surface area contributed by atoms with Crippen molar-refractivity contribution in [2.45, 2.75) is 81.5 Å². The van der Waals surface area contributed by atoms with Crippen molar-refractivity contribution in [2.24, 2.45) is 11.7 Å².